The van der Waals surface area contributed by atoms with Crippen LogP contribution in [-0.2, 0) is 32.5 Å². The summed E-state index contributed by atoms with van der Waals surface area (Å²) < 4.78 is 29.8. The molecule has 9 heteroatoms. The van der Waals surface area contributed by atoms with Crippen molar-refractivity contribution < 1.29 is 23.1 Å². The van der Waals surface area contributed by atoms with Crippen LogP contribution in [0.1, 0.15) is 41.6 Å². The molecule has 0 radical (unpaired) electrons. The van der Waals surface area contributed by atoms with E-state index in [4.69, 9.17) is 5.11 Å². The minimum absolute atomic E-state index is 0.157. The Morgan fingerprint density at radius 2 is 1.87 bits per heavy atom. The third-order valence-electron chi connectivity index (χ3n) is 7.04. The first-order chi connectivity index (χ1) is 18.7. The first-order valence-electron chi connectivity index (χ1n) is 12.7. The number of aromatic amines is 1. The van der Waals surface area contributed by atoms with Crippen LogP contribution in [0.4, 0.5) is 5.69 Å². The average molecular weight is 544 g/mol. The maximum Gasteiger partial charge on any atom is 0.328 e. The number of nitrogens with one attached hydrogen (secondary N) is 2. The van der Waals surface area contributed by atoms with Gasteiger partial charge in [0, 0.05) is 42.3 Å². The van der Waals surface area contributed by atoms with E-state index in [-0.39, 0.29) is 23.4 Å². The zero-order valence-corrected chi connectivity index (χ0v) is 22.2. The van der Waals surface area contributed by atoms with Crippen LogP contribution < -0.4 is 5.32 Å². The molecule has 0 saturated heterocycles. The van der Waals surface area contributed by atoms with Gasteiger partial charge < -0.3 is 15.4 Å². The summed E-state index contributed by atoms with van der Waals surface area (Å²) in [6, 6.07) is 19.5. The molecule has 1 aliphatic rings. The van der Waals surface area contributed by atoms with Crippen molar-refractivity contribution in [3.8, 4) is 0 Å². The van der Waals surface area contributed by atoms with E-state index >= 15 is 0 Å². The van der Waals surface area contributed by atoms with E-state index in [9.17, 15) is 18.0 Å². The van der Waals surface area contributed by atoms with E-state index in [2.05, 4.69) is 10.3 Å². The number of benzene rings is 3. The molecule has 0 aliphatic heterocycles. The van der Waals surface area contributed by atoms with Gasteiger partial charge in [-0.05, 0) is 77.9 Å². The monoisotopic (exact) mass is 543 g/mol. The van der Waals surface area contributed by atoms with Crippen molar-refractivity contribution in [1.29, 1.82) is 0 Å². The quantitative estimate of drug-likeness (QED) is 0.252. The molecule has 5 rings (SSSR count). The number of carboxylic acids is 1. The van der Waals surface area contributed by atoms with Gasteiger partial charge in [0.1, 0.15) is 0 Å². The molecule has 1 atom stereocenters. The SMILES string of the molecule is CC(=O)Nc1ccc(S(=O)(=O)N(CCc2c[nH]c3ccccc23)C2CCc3cc(/C=C/C(=O)O)ccc32)cc1. The first-order valence-corrected chi connectivity index (χ1v) is 14.1. The summed E-state index contributed by atoms with van der Waals surface area (Å²) in [4.78, 5) is 25.8. The number of aryl methyl sites for hydroxylation is 1. The van der Waals surface area contributed by atoms with Crippen molar-refractivity contribution in [2.75, 3.05) is 11.9 Å². The summed E-state index contributed by atoms with van der Waals surface area (Å²) in [6.45, 7) is 1.68. The number of nitrogens with zero attached hydrogens (tertiary/aromatic N) is 1. The minimum atomic E-state index is -3.89. The fourth-order valence-electron chi connectivity index (χ4n) is 5.25. The summed E-state index contributed by atoms with van der Waals surface area (Å²) in [5.41, 5.74) is 5.28. The Balaban J connectivity index is 1.49. The molecular weight excluding hydrogens is 514 g/mol. The van der Waals surface area contributed by atoms with Crippen molar-refractivity contribution >= 4 is 44.6 Å². The smallest absolute Gasteiger partial charge is 0.328 e. The highest BCUT2D eigenvalue weighted by Gasteiger charge is 2.36. The maximum atomic E-state index is 14.1. The number of carboxylic acid groups (broad SMARTS) is 1. The number of aromatic nitrogens is 1. The number of hydrogen-bond acceptors (Lipinski definition) is 4. The molecule has 0 spiro atoms. The Morgan fingerprint density at radius 1 is 1.10 bits per heavy atom. The van der Waals surface area contributed by atoms with E-state index in [1.807, 2.05) is 48.7 Å². The van der Waals surface area contributed by atoms with E-state index < -0.39 is 16.0 Å². The van der Waals surface area contributed by atoms with Gasteiger partial charge in [-0.1, -0.05) is 36.4 Å². The molecule has 39 heavy (non-hydrogen) atoms. The number of sulfonamides is 1. The number of H-pyrrole nitrogens is 1. The van der Waals surface area contributed by atoms with Crippen LogP contribution in [0.3, 0.4) is 0 Å². The number of amides is 1. The molecule has 0 bridgehead atoms. The number of carbonyl (C=O) groups is 2. The van der Waals surface area contributed by atoms with Gasteiger partial charge in [0.15, 0.2) is 0 Å². The average Bonchev–Trinajstić information content (AvgIpc) is 3.52. The Kier molecular flexibility index (Phi) is 7.36. The molecule has 1 unspecified atom stereocenters. The fraction of sp³-hybridized carbons (Fsp3) is 0.200. The fourth-order valence-corrected chi connectivity index (χ4v) is 6.88. The third-order valence-corrected chi connectivity index (χ3v) is 8.96. The topological polar surface area (TPSA) is 120 Å². The molecular formula is C30H29N3O5S. The lowest BCUT2D eigenvalue weighted by Crippen LogP contribution is -2.35. The van der Waals surface area contributed by atoms with Crippen LogP contribution in [-0.4, -0.2) is 41.2 Å². The van der Waals surface area contributed by atoms with Gasteiger partial charge >= 0.3 is 5.97 Å². The van der Waals surface area contributed by atoms with Gasteiger partial charge in [0.25, 0.3) is 0 Å². The van der Waals surface area contributed by atoms with Crippen LogP contribution in [0.25, 0.3) is 17.0 Å². The molecule has 0 saturated carbocycles. The number of aliphatic carboxylic acids is 1. The van der Waals surface area contributed by atoms with Crippen molar-refractivity contribution in [2.45, 2.75) is 37.1 Å². The number of anilines is 1. The summed E-state index contributed by atoms with van der Waals surface area (Å²) in [5, 5.41) is 12.7. The second-order valence-electron chi connectivity index (χ2n) is 9.62. The van der Waals surface area contributed by atoms with Gasteiger partial charge in [-0.15, -0.1) is 0 Å². The summed E-state index contributed by atoms with van der Waals surface area (Å²) in [5.74, 6) is -1.25. The zero-order valence-electron chi connectivity index (χ0n) is 21.4. The molecule has 200 valence electrons. The van der Waals surface area contributed by atoms with Crippen LogP contribution in [0.5, 0.6) is 0 Å². The predicted molar refractivity (Wildman–Crippen MR) is 151 cm³/mol. The van der Waals surface area contributed by atoms with Crippen molar-refractivity contribution in [2.24, 2.45) is 0 Å². The summed E-state index contributed by atoms with van der Waals surface area (Å²) >= 11 is 0. The van der Waals surface area contributed by atoms with E-state index in [1.165, 1.54) is 25.1 Å². The van der Waals surface area contributed by atoms with Crippen molar-refractivity contribution in [3.63, 3.8) is 0 Å². The molecule has 4 aromatic rings. The largest absolute Gasteiger partial charge is 0.478 e. The summed E-state index contributed by atoms with van der Waals surface area (Å²) in [7, 11) is -3.89. The molecule has 0 fully saturated rings. The second kappa shape index (κ2) is 10.9. The Hall–Kier alpha value is -4.21. The molecule has 1 amide bonds. The second-order valence-corrected chi connectivity index (χ2v) is 11.5. The Bertz CT molecular complexity index is 1670. The number of fused-ring (bicyclic) bond motifs is 2. The van der Waals surface area contributed by atoms with Gasteiger partial charge in [-0.2, -0.15) is 4.31 Å². The standard InChI is InChI=1S/C30H29N3O5S/c1-20(34)32-24-9-11-25(12-10-24)39(37,38)33(17-16-23-19-31-28-5-3-2-4-26(23)28)29-14-8-22-18-21(6-13-27(22)29)7-15-30(35)36/h2-7,9-13,15,18-19,29,31H,8,14,16-17H2,1H3,(H,32,34)(H,35,36)/b15-7+. The highest BCUT2D eigenvalue weighted by Crippen LogP contribution is 2.39. The normalized spacial score (nSPS) is 15.2. The highest BCUT2D eigenvalue weighted by molar-refractivity contribution is 7.89. The Morgan fingerprint density at radius 3 is 2.62 bits per heavy atom. The van der Waals surface area contributed by atoms with Gasteiger partial charge in [0.2, 0.25) is 15.9 Å². The Labute approximate surface area is 227 Å². The first kappa shape index (κ1) is 26.4. The summed E-state index contributed by atoms with van der Waals surface area (Å²) in [6.07, 6.45) is 6.41. The molecule has 3 N–H and O–H groups in total. The lowest BCUT2D eigenvalue weighted by molar-refractivity contribution is -0.131. The number of hydrogen-bond donors (Lipinski definition) is 3. The lowest BCUT2D eigenvalue weighted by atomic mass is 10.0. The number of para-hydroxylation sites is 1. The third kappa shape index (κ3) is 5.64. The minimum Gasteiger partial charge on any atom is -0.478 e. The lowest BCUT2D eigenvalue weighted by Gasteiger charge is -2.29. The van der Waals surface area contributed by atoms with Crippen LogP contribution >= 0.6 is 0 Å². The van der Waals surface area contributed by atoms with Gasteiger partial charge in [-0.3, -0.25) is 4.79 Å². The molecule has 1 heterocycles. The van der Waals surface area contributed by atoms with Crippen molar-refractivity contribution in [1.82, 2.24) is 9.29 Å². The molecule has 1 aromatic heterocycles. The van der Waals surface area contributed by atoms with E-state index in [1.54, 1.807) is 16.4 Å². The van der Waals surface area contributed by atoms with Gasteiger partial charge in [0.05, 0.1) is 10.9 Å². The molecule has 3 aromatic carbocycles. The number of carbonyl (C=O) groups excluding carboxylic acids is 1. The predicted octanol–water partition coefficient (Wildman–Crippen LogP) is 5.15. The number of rotatable bonds is 9. The van der Waals surface area contributed by atoms with E-state index in [0.29, 0.717) is 24.9 Å². The van der Waals surface area contributed by atoms with Crippen LogP contribution in [0.15, 0.2) is 83.9 Å². The maximum absolute atomic E-state index is 14.1. The van der Waals surface area contributed by atoms with E-state index in [0.717, 1.165) is 39.2 Å². The molecule has 1 aliphatic carbocycles. The molecule has 8 nitrogen and oxygen atoms in total. The van der Waals surface area contributed by atoms with Crippen LogP contribution in [0, 0.1) is 0 Å². The van der Waals surface area contributed by atoms with Crippen molar-refractivity contribution in [3.05, 3.63) is 101 Å². The van der Waals surface area contributed by atoms with Gasteiger partial charge in [-0.25, -0.2) is 13.2 Å². The van der Waals surface area contributed by atoms with Crippen LogP contribution in [0.2, 0.25) is 0 Å². The zero-order chi connectivity index (χ0) is 27.6. The highest BCUT2D eigenvalue weighted by atomic mass is 32.2.